The van der Waals surface area contributed by atoms with Crippen LogP contribution in [0, 0.1) is 5.92 Å². The van der Waals surface area contributed by atoms with Crippen LogP contribution in [0.25, 0.3) is 0 Å². The monoisotopic (exact) mass is 239 g/mol. The van der Waals surface area contributed by atoms with Crippen LogP contribution in [0.5, 0.6) is 0 Å². The minimum atomic E-state index is -0.698. The summed E-state index contributed by atoms with van der Waals surface area (Å²) in [4.78, 5) is 12.7. The van der Waals surface area contributed by atoms with Gasteiger partial charge in [0, 0.05) is 24.7 Å². The lowest BCUT2D eigenvalue weighted by molar-refractivity contribution is -0.139. The van der Waals surface area contributed by atoms with Crippen molar-refractivity contribution in [3.05, 3.63) is 34.9 Å². The summed E-state index contributed by atoms with van der Waals surface area (Å²) in [6, 6.07) is 7.77. The quantitative estimate of drug-likeness (QED) is 0.876. The standard InChI is InChI=1S/C12H14ClNO2/c13-11-3-1-9(2-4-11)6-14-7-10(8-14)5-12(15)16/h1-4,10H,5-8H2,(H,15,16). The molecule has 0 bridgehead atoms. The maximum Gasteiger partial charge on any atom is 0.303 e. The molecule has 1 saturated heterocycles. The first-order valence-electron chi connectivity index (χ1n) is 5.32. The average molecular weight is 240 g/mol. The Balaban J connectivity index is 1.77. The van der Waals surface area contributed by atoms with Crippen LogP contribution in [0.4, 0.5) is 0 Å². The van der Waals surface area contributed by atoms with Crippen LogP contribution in [0.3, 0.4) is 0 Å². The molecule has 1 aromatic rings. The van der Waals surface area contributed by atoms with E-state index in [1.807, 2.05) is 24.3 Å². The second kappa shape index (κ2) is 4.85. The molecule has 1 heterocycles. The number of likely N-dealkylation sites (tertiary alicyclic amines) is 1. The third-order valence-electron chi connectivity index (χ3n) is 2.82. The number of benzene rings is 1. The summed E-state index contributed by atoms with van der Waals surface area (Å²) in [6.07, 6.45) is 0.289. The molecule has 0 saturated carbocycles. The Morgan fingerprint density at radius 1 is 1.38 bits per heavy atom. The SMILES string of the molecule is O=C(O)CC1CN(Cc2ccc(Cl)cc2)C1. The molecule has 1 aliphatic rings. The fraction of sp³-hybridized carbons (Fsp3) is 0.417. The molecule has 1 aromatic carbocycles. The molecule has 0 spiro atoms. The summed E-state index contributed by atoms with van der Waals surface area (Å²) in [6.45, 7) is 2.65. The lowest BCUT2D eigenvalue weighted by Gasteiger charge is -2.38. The highest BCUT2D eigenvalue weighted by molar-refractivity contribution is 6.30. The molecule has 1 N–H and O–H groups in total. The normalized spacial score (nSPS) is 17.1. The first-order valence-corrected chi connectivity index (χ1v) is 5.70. The second-order valence-corrected chi connectivity index (χ2v) is 4.72. The van der Waals surface area contributed by atoms with Gasteiger partial charge in [-0.15, -0.1) is 0 Å². The highest BCUT2D eigenvalue weighted by atomic mass is 35.5. The van der Waals surface area contributed by atoms with E-state index in [0.29, 0.717) is 5.92 Å². The fourth-order valence-corrected chi connectivity index (χ4v) is 2.16. The molecule has 2 rings (SSSR count). The lowest BCUT2D eigenvalue weighted by atomic mass is 9.96. The summed E-state index contributed by atoms with van der Waals surface area (Å²) in [5, 5.41) is 9.37. The van der Waals surface area contributed by atoms with Crippen LogP contribution < -0.4 is 0 Å². The van der Waals surface area contributed by atoms with E-state index in [0.717, 1.165) is 24.7 Å². The van der Waals surface area contributed by atoms with E-state index < -0.39 is 5.97 Å². The topological polar surface area (TPSA) is 40.5 Å². The summed E-state index contributed by atoms with van der Waals surface area (Å²) >= 11 is 5.80. The van der Waals surface area contributed by atoms with Gasteiger partial charge in [-0.2, -0.15) is 0 Å². The smallest absolute Gasteiger partial charge is 0.303 e. The van der Waals surface area contributed by atoms with Gasteiger partial charge in [-0.1, -0.05) is 23.7 Å². The molecule has 16 heavy (non-hydrogen) atoms. The second-order valence-electron chi connectivity index (χ2n) is 4.28. The van der Waals surface area contributed by atoms with Crippen LogP contribution >= 0.6 is 11.6 Å². The van der Waals surface area contributed by atoms with Crippen molar-refractivity contribution in [1.82, 2.24) is 4.90 Å². The van der Waals surface area contributed by atoms with Crippen molar-refractivity contribution in [2.24, 2.45) is 5.92 Å². The Morgan fingerprint density at radius 2 is 2.00 bits per heavy atom. The molecule has 1 aliphatic heterocycles. The molecule has 0 unspecified atom stereocenters. The predicted molar refractivity (Wildman–Crippen MR) is 62.5 cm³/mol. The number of aliphatic carboxylic acids is 1. The number of rotatable bonds is 4. The van der Waals surface area contributed by atoms with Gasteiger partial charge in [0.1, 0.15) is 0 Å². The molecular formula is C12H14ClNO2. The van der Waals surface area contributed by atoms with Crippen molar-refractivity contribution in [2.45, 2.75) is 13.0 Å². The van der Waals surface area contributed by atoms with Crippen molar-refractivity contribution in [3.63, 3.8) is 0 Å². The van der Waals surface area contributed by atoms with Gasteiger partial charge in [0.2, 0.25) is 0 Å². The average Bonchev–Trinajstić information content (AvgIpc) is 2.17. The fourth-order valence-electron chi connectivity index (χ4n) is 2.03. The predicted octanol–water partition coefficient (Wildman–Crippen LogP) is 2.25. The van der Waals surface area contributed by atoms with E-state index in [4.69, 9.17) is 16.7 Å². The van der Waals surface area contributed by atoms with Crippen LogP contribution in [-0.4, -0.2) is 29.1 Å². The Hall–Kier alpha value is -1.06. The summed E-state index contributed by atoms with van der Waals surface area (Å²) in [5.74, 6) is -0.374. The molecule has 0 amide bonds. The van der Waals surface area contributed by atoms with Crippen molar-refractivity contribution < 1.29 is 9.90 Å². The molecule has 86 valence electrons. The first-order chi connectivity index (χ1) is 7.63. The third kappa shape index (κ3) is 2.97. The number of halogens is 1. The Morgan fingerprint density at radius 3 is 2.56 bits per heavy atom. The largest absolute Gasteiger partial charge is 0.481 e. The van der Waals surface area contributed by atoms with E-state index in [-0.39, 0.29) is 6.42 Å². The molecule has 0 radical (unpaired) electrons. The van der Waals surface area contributed by atoms with E-state index in [2.05, 4.69) is 4.90 Å². The Kier molecular flexibility index (Phi) is 3.46. The van der Waals surface area contributed by atoms with E-state index in [9.17, 15) is 4.79 Å². The third-order valence-corrected chi connectivity index (χ3v) is 3.07. The van der Waals surface area contributed by atoms with Gasteiger partial charge in [0.25, 0.3) is 0 Å². The highest BCUT2D eigenvalue weighted by Gasteiger charge is 2.28. The summed E-state index contributed by atoms with van der Waals surface area (Å²) in [5.41, 5.74) is 1.22. The zero-order valence-electron chi connectivity index (χ0n) is 8.90. The van der Waals surface area contributed by atoms with Crippen molar-refractivity contribution in [2.75, 3.05) is 13.1 Å². The highest BCUT2D eigenvalue weighted by Crippen LogP contribution is 2.21. The van der Waals surface area contributed by atoms with Crippen LogP contribution in [0.2, 0.25) is 5.02 Å². The molecule has 4 heteroatoms. The van der Waals surface area contributed by atoms with Gasteiger partial charge < -0.3 is 5.11 Å². The van der Waals surface area contributed by atoms with Crippen LogP contribution in [0.1, 0.15) is 12.0 Å². The maximum absolute atomic E-state index is 10.5. The van der Waals surface area contributed by atoms with E-state index >= 15 is 0 Å². The van der Waals surface area contributed by atoms with Gasteiger partial charge >= 0.3 is 5.97 Å². The Bertz CT molecular complexity index is 371. The number of nitrogens with zero attached hydrogens (tertiary/aromatic N) is 1. The van der Waals surface area contributed by atoms with Gasteiger partial charge in [-0.25, -0.2) is 0 Å². The molecule has 3 nitrogen and oxygen atoms in total. The van der Waals surface area contributed by atoms with Gasteiger partial charge in [-0.05, 0) is 23.6 Å². The number of hydrogen-bond acceptors (Lipinski definition) is 2. The lowest BCUT2D eigenvalue weighted by Crippen LogP contribution is -2.46. The molecule has 1 fully saturated rings. The molecule has 0 atom stereocenters. The number of carbonyl (C=O) groups is 1. The van der Waals surface area contributed by atoms with E-state index in [1.54, 1.807) is 0 Å². The summed E-state index contributed by atoms with van der Waals surface area (Å²) in [7, 11) is 0. The minimum Gasteiger partial charge on any atom is -0.481 e. The van der Waals surface area contributed by atoms with Gasteiger partial charge in [-0.3, -0.25) is 9.69 Å². The van der Waals surface area contributed by atoms with Crippen LogP contribution in [-0.2, 0) is 11.3 Å². The van der Waals surface area contributed by atoms with Crippen molar-refractivity contribution >= 4 is 17.6 Å². The number of carboxylic acid groups (broad SMARTS) is 1. The number of hydrogen-bond donors (Lipinski definition) is 1. The van der Waals surface area contributed by atoms with E-state index in [1.165, 1.54) is 5.56 Å². The maximum atomic E-state index is 10.5. The summed E-state index contributed by atoms with van der Waals surface area (Å²) < 4.78 is 0. The molecular weight excluding hydrogens is 226 g/mol. The zero-order chi connectivity index (χ0) is 11.5. The van der Waals surface area contributed by atoms with Gasteiger partial charge in [0.05, 0.1) is 6.42 Å². The number of carboxylic acids is 1. The molecule has 0 aliphatic carbocycles. The zero-order valence-corrected chi connectivity index (χ0v) is 9.65. The Labute approximate surface area is 99.6 Å². The van der Waals surface area contributed by atoms with Crippen molar-refractivity contribution in [1.29, 1.82) is 0 Å². The molecule has 0 aromatic heterocycles. The van der Waals surface area contributed by atoms with Gasteiger partial charge in [0.15, 0.2) is 0 Å². The van der Waals surface area contributed by atoms with Crippen LogP contribution in [0.15, 0.2) is 24.3 Å². The van der Waals surface area contributed by atoms with Crippen molar-refractivity contribution in [3.8, 4) is 0 Å². The minimum absolute atomic E-state index is 0.289. The first kappa shape index (κ1) is 11.4.